The minimum atomic E-state index is -2.19. The summed E-state index contributed by atoms with van der Waals surface area (Å²) in [5.41, 5.74) is 19.7. The smallest absolute Gasteiger partial charge is 0.200 e. The molecule has 0 fully saturated rings. The van der Waals surface area contributed by atoms with Crippen molar-refractivity contribution in [1.29, 1.82) is 0 Å². The molecule has 0 radical (unpaired) electrons. The number of aromatic nitrogens is 3. The van der Waals surface area contributed by atoms with Gasteiger partial charge < -0.3 is 28.4 Å². The van der Waals surface area contributed by atoms with Gasteiger partial charge in [-0.05, 0) is 284 Å². The molecule has 702 valence electrons. The molecule has 0 bridgehead atoms. The van der Waals surface area contributed by atoms with Crippen LogP contribution in [-0.2, 0) is 0 Å². The first-order valence-corrected chi connectivity index (χ1v) is 49.4. The lowest BCUT2D eigenvalue weighted by atomic mass is 9.89. The van der Waals surface area contributed by atoms with E-state index in [9.17, 15) is 13.2 Å². The molecule has 149 heavy (non-hydrogen) atoms. The van der Waals surface area contributed by atoms with Gasteiger partial charge in [-0.1, -0.05) is 346 Å². The minimum absolute atomic E-state index is 0.0210. The van der Waals surface area contributed by atoms with Gasteiger partial charge in [-0.15, -0.1) is 0 Å². The van der Waals surface area contributed by atoms with Gasteiger partial charge in [0.1, 0.15) is 5.69 Å². The molecule has 30 aromatic rings. The standard InChI is InChI=1S/C46H25F5N2.2C46H30N2/c47-40-41(48)43(50)46(44(51)42(40)49)53-37-14-8-7-13-33(37)36-25-28-19-23-34-32(22-17-27-18-24-35(45(36)53)39(28)38(27)34)26-15-20-31(21-16-26)52(29-9-3-1-4-10-29)30-11-5-2-6-12-30;2*1-4-12-34(13-5-1)47(35-14-6-2-7-15-35)37-25-20-31(21-26-37)38-27-22-32-23-29-41-45-33(24-28-40(38)44(32)45)30-42-39-18-10-11-19-43(39)48(46(41)42)36-16-8-3-9-17-36/h1-25H;2*1-30H/i;3D,8D,9D,16D,17D;10D,11D,18D,19D. The molecule has 3 heterocycles. The van der Waals surface area contributed by atoms with E-state index in [0.717, 1.165) is 215 Å². The molecule has 30 rings (SSSR count). The Kier molecular flexibility index (Phi) is 18.6. The fourth-order valence-electron chi connectivity index (χ4n) is 23.1. The predicted octanol–water partition coefficient (Wildman–Crippen LogP) is 39.1. The van der Waals surface area contributed by atoms with Crippen molar-refractivity contribution in [1.82, 2.24) is 13.7 Å². The highest BCUT2D eigenvalue weighted by Gasteiger charge is 2.32. The fourth-order valence-corrected chi connectivity index (χ4v) is 23.1. The van der Waals surface area contributed by atoms with Gasteiger partial charge in [0.25, 0.3) is 0 Å². The van der Waals surface area contributed by atoms with Crippen LogP contribution >= 0.6 is 0 Å². The van der Waals surface area contributed by atoms with Crippen LogP contribution in [-0.4, -0.2) is 13.7 Å². The van der Waals surface area contributed by atoms with E-state index in [2.05, 4.69) is 312 Å². The van der Waals surface area contributed by atoms with Gasteiger partial charge in [-0.3, -0.25) is 0 Å². The molecule has 0 saturated heterocycles. The van der Waals surface area contributed by atoms with Crippen molar-refractivity contribution >= 4 is 214 Å². The molecule has 0 amide bonds. The molecule has 3 aromatic heterocycles. The van der Waals surface area contributed by atoms with Crippen LogP contribution in [0.25, 0.3) is 213 Å². The number of rotatable bonds is 15. The lowest BCUT2D eigenvalue weighted by molar-refractivity contribution is 0.376. The molecule has 0 atom stereocenters. The average molecular weight is 1930 g/mol. The largest absolute Gasteiger partial charge is 0.311 e. The third kappa shape index (κ3) is 14.2. The summed E-state index contributed by atoms with van der Waals surface area (Å²) in [5.74, 6) is -9.96. The summed E-state index contributed by atoms with van der Waals surface area (Å²) in [7, 11) is 0. The minimum Gasteiger partial charge on any atom is -0.311 e. The first kappa shape index (κ1) is 78.1. The number of anilines is 9. The number of hydrogen-bond donors (Lipinski definition) is 0. The zero-order valence-corrected chi connectivity index (χ0v) is 79.5. The second-order valence-electron chi connectivity index (χ2n) is 37.6. The number of para-hydroxylation sites is 11. The van der Waals surface area contributed by atoms with Crippen molar-refractivity contribution in [3.63, 3.8) is 0 Å². The summed E-state index contributed by atoms with van der Waals surface area (Å²) >= 11 is 0. The lowest BCUT2D eigenvalue weighted by Crippen LogP contribution is -2.09. The molecule has 0 saturated carbocycles. The number of fused-ring (bicyclic) bond motifs is 12. The van der Waals surface area contributed by atoms with E-state index in [0.29, 0.717) is 38.1 Å². The second kappa shape index (κ2) is 35.5. The summed E-state index contributed by atoms with van der Waals surface area (Å²) in [4.78, 5) is 6.72. The molecule has 6 nitrogen and oxygen atoms in total. The average Bonchev–Trinajstić information content (AvgIpc) is 1.52. The molecule has 0 spiro atoms. The molecule has 0 aliphatic heterocycles. The second-order valence-corrected chi connectivity index (χ2v) is 37.6. The van der Waals surface area contributed by atoms with Crippen LogP contribution in [0.2, 0.25) is 0 Å². The summed E-state index contributed by atoms with van der Waals surface area (Å²) in [5, 5.41) is 22.9. The van der Waals surface area contributed by atoms with E-state index in [1.54, 1.807) is 24.3 Å². The summed E-state index contributed by atoms with van der Waals surface area (Å²) in [6.45, 7) is 0. The SMILES string of the molecule is Fc1c(F)c(F)c(-n2c3ccccc3c3cc4ccc5c(-c6ccc(N(c7ccccc7)c7ccccc7)cc6)ccc6ccc(c4c65)c32)c(F)c1F.[2H]c1c([2H])c([2H])c(-n2c3ccccc3c3cc4ccc5c(-c6ccc(N(c7ccccc7)c7ccccc7)cc6)ccc6ccc(c4c65)c32)c([2H])c1[2H].[2H]c1c([2H])c([2H])c2c(c1[2H])c1cc3ccc4c(-c5ccc(N(c6ccccc6)c6ccccc6)cc5)ccc5ccc(c3c54)c1n2-c1ccccc1. The Labute approximate surface area is 865 Å². The van der Waals surface area contributed by atoms with Crippen molar-refractivity contribution in [2.75, 3.05) is 14.7 Å². The van der Waals surface area contributed by atoms with Crippen LogP contribution < -0.4 is 14.7 Å². The first-order chi connectivity index (χ1) is 77.3. The first-order valence-electron chi connectivity index (χ1n) is 53.9. The Morgan fingerprint density at radius 3 is 0.799 bits per heavy atom. The highest BCUT2D eigenvalue weighted by molar-refractivity contribution is 6.36. The topological polar surface area (TPSA) is 24.5 Å². The van der Waals surface area contributed by atoms with E-state index in [-0.39, 0.29) is 54.0 Å². The molecule has 0 aliphatic rings. The van der Waals surface area contributed by atoms with Crippen molar-refractivity contribution in [3.8, 4) is 50.4 Å². The van der Waals surface area contributed by atoms with E-state index in [1.165, 1.54) is 4.57 Å². The van der Waals surface area contributed by atoms with Gasteiger partial charge in [0.2, 0.25) is 5.82 Å². The molecule has 0 unspecified atom stereocenters. The van der Waals surface area contributed by atoms with Crippen LogP contribution in [0.15, 0.2) is 515 Å². The van der Waals surface area contributed by atoms with Gasteiger partial charge in [-0.25, -0.2) is 22.0 Å². The Bertz CT molecular complexity index is 10500. The molecule has 0 N–H and O–H groups in total. The monoisotopic (exact) mass is 1930 g/mol. The van der Waals surface area contributed by atoms with Crippen LogP contribution in [0.5, 0.6) is 0 Å². The summed E-state index contributed by atoms with van der Waals surface area (Å²) in [6.07, 6.45) is 0. The Hall–Kier alpha value is -19.5. The van der Waals surface area contributed by atoms with Crippen LogP contribution in [0.3, 0.4) is 0 Å². The quantitative estimate of drug-likeness (QED) is 0.0443. The Morgan fingerprint density at radius 1 is 0.174 bits per heavy atom. The zero-order valence-electron chi connectivity index (χ0n) is 88.5. The molecule has 0 aliphatic carbocycles. The summed E-state index contributed by atoms with van der Waals surface area (Å²) in [6, 6.07) is 155. The summed E-state index contributed by atoms with van der Waals surface area (Å²) < 4.78 is 158. The Balaban J connectivity index is 0.000000112. The van der Waals surface area contributed by atoms with E-state index < -0.39 is 40.8 Å². The zero-order chi connectivity index (χ0) is 107. The highest BCUT2D eigenvalue weighted by Crippen LogP contribution is 2.53. The molecular weight excluding hydrogens is 1840 g/mol. The predicted molar refractivity (Wildman–Crippen MR) is 614 cm³/mol. The van der Waals surface area contributed by atoms with Gasteiger partial charge in [0.05, 0.1) is 45.4 Å². The normalized spacial score (nSPS) is 12.6. The maximum Gasteiger partial charge on any atom is 0.200 e. The van der Waals surface area contributed by atoms with Gasteiger partial charge in [0, 0.05) is 111 Å². The van der Waals surface area contributed by atoms with E-state index >= 15 is 8.78 Å². The van der Waals surface area contributed by atoms with Gasteiger partial charge in [-0.2, -0.15) is 0 Å². The maximum atomic E-state index is 15.6. The van der Waals surface area contributed by atoms with Gasteiger partial charge >= 0.3 is 0 Å². The highest BCUT2D eigenvalue weighted by atomic mass is 19.2. The van der Waals surface area contributed by atoms with Crippen molar-refractivity contribution in [2.45, 2.75) is 0 Å². The van der Waals surface area contributed by atoms with Crippen molar-refractivity contribution < 1.29 is 34.3 Å². The van der Waals surface area contributed by atoms with Crippen molar-refractivity contribution in [2.24, 2.45) is 0 Å². The third-order valence-corrected chi connectivity index (χ3v) is 29.5. The lowest BCUT2D eigenvalue weighted by Gasteiger charge is -2.25. The fraction of sp³-hybridized carbons (Fsp3) is 0. The number of hydrogen-bond acceptors (Lipinski definition) is 3. The van der Waals surface area contributed by atoms with Crippen molar-refractivity contribution in [3.05, 3.63) is 545 Å². The maximum absolute atomic E-state index is 15.6. The molecule has 27 aromatic carbocycles. The van der Waals surface area contributed by atoms with Gasteiger partial charge in [0.15, 0.2) is 23.3 Å². The van der Waals surface area contributed by atoms with Crippen LogP contribution in [0, 0.1) is 29.1 Å². The molecule has 11 heteroatoms. The Morgan fingerprint density at radius 2 is 0.436 bits per heavy atom. The number of halogens is 5. The van der Waals surface area contributed by atoms with Crippen LogP contribution in [0.1, 0.15) is 12.3 Å². The third-order valence-electron chi connectivity index (χ3n) is 29.5. The van der Waals surface area contributed by atoms with E-state index in [1.807, 2.05) is 149 Å². The molecular formula is C138H85F5N6. The number of nitrogens with zero attached hydrogens (tertiary/aromatic N) is 6. The van der Waals surface area contributed by atoms with E-state index in [4.69, 9.17) is 12.3 Å². The van der Waals surface area contributed by atoms with Crippen LogP contribution in [0.4, 0.5) is 73.1 Å². The number of benzene rings is 27.